The summed E-state index contributed by atoms with van der Waals surface area (Å²) in [6, 6.07) is 0. The van der Waals surface area contributed by atoms with Crippen LogP contribution in [0.3, 0.4) is 0 Å². The van der Waals surface area contributed by atoms with Gasteiger partial charge in [-0.1, -0.05) is 30.9 Å². The lowest BCUT2D eigenvalue weighted by Gasteiger charge is -2.41. The lowest BCUT2D eigenvalue weighted by atomic mass is 9.73. The molecule has 18 heavy (non-hydrogen) atoms. The number of hydrogen-bond donors (Lipinski definition) is 0. The highest BCUT2D eigenvalue weighted by Crippen LogP contribution is 2.39. The third-order valence-electron chi connectivity index (χ3n) is 4.27. The summed E-state index contributed by atoms with van der Waals surface area (Å²) in [5, 5.41) is 0.883. The summed E-state index contributed by atoms with van der Waals surface area (Å²) >= 11 is 12.0. The Hall–Kier alpha value is -0.540. The summed E-state index contributed by atoms with van der Waals surface area (Å²) in [6.07, 6.45) is 8.37. The van der Waals surface area contributed by atoms with Crippen LogP contribution < -0.4 is 4.90 Å². The van der Waals surface area contributed by atoms with Crippen LogP contribution in [0.25, 0.3) is 0 Å². The first-order valence-corrected chi connectivity index (χ1v) is 7.42. The summed E-state index contributed by atoms with van der Waals surface area (Å²) in [5.41, 5.74) is 0. The van der Waals surface area contributed by atoms with Gasteiger partial charge in [0.2, 0.25) is 5.28 Å². The molecule has 0 bridgehead atoms. The first kappa shape index (κ1) is 12.5. The maximum absolute atomic E-state index is 6.18. The molecular formula is C13H17Cl2N3. The van der Waals surface area contributed by atoms with Gasteiger partial charge in [-0.25, -0.2) is 4.98 Å². The van der Waals surface area contributed by atoms with Crippen LogP contribution in [0.15, 0.2) is 6.20 Å². The highest BCUT2D eigenvalue weighted by molar-refractivity contribution is 6.33. The van der Waals surface area contributed by atoms with E-state index in [4.69, 9.17) is 23.2 Å². The van der Waals surface area contributed by atoms with Crippen molar-refractivity contribution in [3.63, 3.8) is 0 Å². The molecule has 1 aromatic heterocycles. The fraction of sp³-hybridized carbons (Fsp3) is 0.692. The predicted molar refractivity (Wildman–Crippen MR) is 74.3 cm³/mol. The van der Waals surface area contributed by atoms with Crippen molar-refractivity contribution in [1.29, 1.82) is 0 Å². The molecule has 98 valence electrons. The highest BCUT2D eigenvalue weighted by atomic mass is 35.5. The van der Waals surface area contributed by atoms with Crippen molar-refractivity contribution in [2.24, 2.45) is 11.8 Å². The smallest absolute Gasteiger partial charge is 0.224 e. The van der Waals surface area contributed by atoms with Gasteiger partial charge in [-0.05, 0) is 36.3 Å². The molecule has 0 aromatic carbocycles. The molecule has 1 aliphatic carbocycles. The average Bonchev–Trinajstić information content (AvgIpc) is 2.30. The molecule has 3 rings (SSSR count). The molecule has 3 nitrogen and oxygen atoms in total. The topological polar surface area (TPSA) is 29.0 Å². The molecule has 2 aliphatic rings. The van der Waals surface area contributed by atoms with Crippen LogP contribution in [0.1, 0.15) is 32.1 Å². The Kier molecular flexibility index (Phi) is 3.62. The van der Waals surface area contributed by atoms with Crippen LogP contribution in [0.5, 0.6) is 0 Å². The van der Waals surface area contributed by atoms with Crippen molar-refractivity contribution in [2.75, 3.05) is 18.0 Å². The Labute approximate surface area is 118 Å². The number of hydrogen-bond acceptors (Lipinski definition) is 3. The zero-order valence-corrected chi connectivity index (χ0v) is 11.8. The van der Waals surface area contributed by atoms with Crippen molar-refractivity contribution >= 4 is 29.0 Å². The first-order valence-electron chi connectivity index (χ1n) is 6.67. The molecule has 1 aromatic rings. The number of piperidine rings is 1. The maximum atomic E-state index is 6.18. The third-order valence-corrected chi connectivity index (χ3v) is 4.72. The van der Waals surface area contributed by atoms with Crippen LogP contribution in [-0.2, 0) is 0 Å². The van der Waals surface area contributed by atoms with Crippen LogP contribution in [-0.4, -0.2) is 23.1 Å². The van der Waals surface area contributed by atoms with Crippen LogP contribution in [0, 0.1) is 11.8 Å². The van der Waals surface area contributed by atoms with Crippen molar-refractivity contribution in [1.82, 2.24) is 9.97 Å². The second kappa shape index (κ2) is 5.22. The summed E-state index contributed by atoms with van der Waals surface area (Å²) in [6.45, 7) is 2.09. The first-order chi connectivity index (χ1) is 8.74. The fourth-order valence-corrected chi connectivity index (χ4v) is 3.40. The molecule has 1 unspecified atom stereocenters. The van der Waals surface area contributed by atoms with Crippen LogP contribution in [0.2, 0.25) is 10.3 Å². The minimum Gasteiger partial charge on any atom is -0.355 e. The van der Waals surface area contributed by atoms with E-state index in [9.17, 15) is 0 Å². The SMILES string of the molecule is Clc1ncc(Cl)c(N2CCCC(C3CCC3)C2)n1. The minimum atomic E-state index is 0.278. The average molecular weight is 286 g/mol. The van der Waals surface area contributed by atoms with Crippen molar-refractivity contribution in [3.05, 3.63) is 16.5 Å². The Morgan fingerprint density at radius 2 is 1.89 bits per heavy atom. The van der Waals surface area contributed by atoms with Crippen LogP contribution in [0.4, 0.5) is 5.82 Å². The minimum absolute atomic E-state index is 0.278. The van der Waals surface area contributed by atoms with E-state index in [0.29, 0.717) is 5.02 Å². The van der Waals surface area contributed by atoms with Gasteiger partial charge in [0.05, 0.1) is 6.20 Å². The molecule has 1 atom stereocenters. The van der Waals surface area contributed by atoms with Crippen molar-refractivity contribution in [2.45, 2.75) is 32.1 Å². The molecule has 1 saturated heterocycles. The van der Waals surface area contributed by atoms with Gasteiger partial charge in [0.1, 0.15) is 5.02 Å². The van der Waals surface area contributed by atoms with Gasteiger partial charge < -0.3 is 4.90 Å². The quantitative estimate of drug-likeness (QED) is 0.774. The van der Waals surface area contributed by atoms with Crippen molar-refractivity contribution in [3.8, 4) is 0 Å². The molecule has 2 fully saturated rings. The molecular weight excluding hydrogens is 269 g/mol. The summed E-state index contributed by atoms with van der Waals surface area (Å²) in [5.74, 6) is 2.53. The zero-order chi connectivity index (χ0) is 12.5. The molecule has 0 amide bonds. The molecule has 0 N–H and O–H groups in total. The maximum Gasteiger partial charge on any atom is 0.224 e. The number of halogens is 2. The summed E-state index contributed by atoms with van der Waals surface area (Å²) < 4.78 is 0. The predicted octanol–water partition coefficient (Wildman–Crippen LogP) is 3.80. The lowest BCUT2D eigenvalue weighted by Crippen LogP contribution is -2.40. The van der Waals surface area contributed by atoms with Gasteiger partial charge >= 0.3 is 0 Å². The highest BCUT2D eigenvalue weighted by Gasteiger charge is 2.31. The van der Waals surface area contributed by atoms with E-state index in [0.717, 1.165) is 30.7 Å². The lowest BCUT2D eigenvalue weighted by molar-refractivity contribution is 0.183. The molecule has 2 heterocycles. The van der Waals surface area contributed by atoms with Crippen LogP contribution >= 0.6 is 23.2 Å². The largest absolute Gasteiger partial charge is 0.355 e. The Morgan fingerprint density at radius 3 is 2.61 bits per heavy atom. The van der Waals surface area contributed by atoms with E-state index in [1.807, 2.05) is 0 Å². The van der Waals surface area contributed by atoms with Gasteiger partial charge in [0.25, 0.3) is 0 Å². The summed E-state index contributed by atoms with van der Waals surface area (Å²) in [7, 11) is 0. The molecule has 0 spiro atoms. The van der Waals surface area contributed by atoms with E-state index in [1.165, 1.54) is 32.1 Å². The van der Waals surface area contributed by atoms with Gasteiger partial charge in [-0.3, -0.25) is 0 Å². The second-order valence-corrected chi connectivity index (χ2v) is 6.10. The molecule has 1 aliphatic heterocycles. The number of anilines is 1. The zero-order valence-electron chi connectivity index (χ0n) is 10.3. The molecule has 5 heteroatoms. The van der Waals surface area contributed by atoms with E-state index in [2.05, 4.69) is 14.9 Å². The number of rotatable bonds is 2. The van der Waals surface area contributed by atoms with Gasteiger partial charge in [-0.2, -0.15) is 4.98 Å². The molecule has 1 saturated carbocycles. The van der Waals surface area contributed by atoms with E-state index < -0.39 is 0 Å². The Balaban J connectivity index is 1.76. The van der Waals surface area contributed by atoms with E-state index >= 15 is 0 Å². The number of aromatic nitrogens is 2. The van der Waals surface area contributed by atoms with E-state index in [-0.39, 0.29) is 5.28 Å². The van der Waals surface area contributed by atoms with Crippen molar-refractivity contribution < 1.29 is 0 Å². The fourth-order valence-electron chi connectivity index (χ4n) is 3.06. The van der Waals surface area contributed by atoms with E-state index in [1.54, 1.807) is 6.20 Å². The third kappa shape index (κ3) is 2.43. The number of nitrogens with zero attached hydrogens (tertiary/aromatic N) is 3. The summed E-state index contributed by atoms with van der Waals surface area (Å²) in [4.78, 5) is 10.5. The molecule has 0 radical (unpaired) electrons. The standard InChI is InChI=1S/C13H17Cl2N3/c14-11-7-16-13(15)17-12(11)18-6-2-5-10(8-18)9-3-1-4-9/h7,9-10H,1-6,8H2. The Morgan fingerprint density at radius 1 is 1.11 bits per heavy atom. The van der Waals surface area contributed by atoms with Gasteiger partial charge in [0, 0.05) is 13.1 Å². The Bertz CT molecular complexity index is 434. The van der Waals surface area contributed by atoms with Gasteiger partial charge in [-0.15, -0.1) is 0 Å². The monoisotopic (exact) mass is 285 g/mol. The second-order valence-electron chi connectivity index (χ2n) is 5.35. The van der Waals surface area contributed by atoms with Gasteiger partial charge in [0.15, 0.2) is 5.82 Å². The normalized spacial score (nSPS) is 25.0.